The Bertz CT molecular complexity index is 807. The molecule has 3 N–H and O–H groups in total. The van der Waals surface area contributed by atoms with E-state index in [0.29, 0.717) is 30.7 Å². The monoisotopic (exact) mass is 342 g/mol. The highest BCUT2D eigenvalue weighted by Crippen LogP contribution is 2.64. The third-order valence-electron chi connectivity index (χ3n) is 6.88. The van der Waals surface area contributed by atoms with Gasteiger partial charge in [0.05, 0.1) is 16.7 Å². The zero-order chi connectivity index (χ0) is 17.4. The van der Waals surface area contributed by atoms with Crippen LogP contribution in [0.2, 0.25) is 0 Å². The number of likely N-dealkylation sites (tertiary alicyclic amines) is 1. The molecule has 25 heavy (non-hydrogen) atoms. The summed E-state index contributed by atoms with van der Waals surface area (Å²) in [6.07, 6.45) is 3.79. The van der Waals surface area contributed by atoms with Crippen molar-refractivity contribution in [2.24, 2.45) is 5.16 Å². The number of aromatic hydroxyl groups is 1. The lowest BCUT2D eigenvalue weighted by atomic mass is 9.49. The second kappa shape index (κ2) is 4.77. The fourth-order valence-corrected chi connectivity index (χ4v) is 5.92. The number of phenolic OH excluding ortho intramolecular Hbond substituents is 1. The fourth-order valence-electron chi connectivity index (χ4n) is 5.92. The number of aliphatic hydroxyl groups is 1. The van der Waals surface area contributed by atoms with Gasteiger partial charge in [-0.15, -0.1) is 6.58 Å². The van der Waals surface area contributed by atoms with Crippen LogP contribution in [-0.2, 0) is 11.8 Å². The van der Waals surface area contributed by atoms with Crippen molar-refractivity contribution in [3.8, 4) is 11.5 Å². The summed E-state index contributed by atoms with van der Waals surface area (Å²) in [5, 5.41) is 35.3. The molecule has 2 bridgehead atoms. The van der Waals surface area contributed by atoms with Gasteiger partial charge < -0.3 is 20.2 Å². The highest BCUT2D eigenvalue weighted by molar-refractivity contribution is 5.94. The van der Waals surface area contributed by atoms with E-state index in [-0.39, 0.29) is 11.8 Å². The Kier molecular flexibility index (Phi) is 2.90. The highest BCUT2D eigenvalue weighted by atomic mass is 16.5. The summed E-state index contributed by atoms with van der Waals surface area (Å²) in [5.74, 6) is 0.550. The summed E-state index contributed by atoms with van der Waals surface area (Å²) in [5.41, 5.74) is 0.966. The highest BCUT2D eigenvalue weighted by Gasteiger charge is 2.72. The van der Waals surface area contributed by atoms with Gasteiger partial charge in [-0.25, -0.2) is 0 Å². The molecule has 1 saturated carbocycles. The van der Waals surface area contributed by atoms with Gasteiger partial charge in [0, 0.05) is 24.7 Å². The largest absolute Gasteiger partial charge is 0.504 e. The molecule has 0 aromatic heterocycles. The van der Waals surface area contributed by atoms with Crippen LogP contribution >= 0.6 is 0 Å². The Morgan fingerprint density at radius 1 is 1.40 bits per heavy atom. The van der Waals surface area contributed by atoms with Gasteiger partial charge in [0.15, 0.2) is 17.6 Å². The van der Waals surface area contributed by atoms with Gasteiger partial charge in [-0.05, 0) is 37.3 Å². The zero-order valence-electron chi connectivity index (χ0n) is 14.0. The molecule has 2 fully saturated rings. The van der Waals surface area contributed by atoms with Gasteiger partial charge in [-0.3, -0.25) is 4.90 Å². The molecular weight excluding hydrogens is 320 g/mol. The van der Waals surface area contributed by atoms with Crippen LogP contribution in [-0.4, -0.2) is 56.9 Å². The quantitative estimate of drug-likeness (QED) is 0.431. The molecule has 1 saturated heterocycles. The van der Waals surface area contributed by atoms with Crippen LogP contribution in [0.5, 0.6) is 11.5 Å². The third kappa shape index (κ3) is 1.56. The third-order valence-corrected chi connectivity index (χ3v) is 6.88. The summed E-state index contributed by atoms with van der Waals surface area (Å²) < 4.78 is 6.13. The molecule has 2 aliphatic carbocycles. The molecule has 0 amide bonds. The molecule has 0 unspecified atom stereocenters. The Morgan fingerprint density at radius 2 is 2.24 bits per heavy atom. The first-order valence-electron chi connectivity index (χ1n) is 8.87. The summed E-state index contributed by atoms with van der Waals surface area (Å²) in [7, 11) is 0. The van der Waals surface area contributed by atoms with E-state index in [4.69, 9.17) is 4.74 Å². The molecule has 132 valence electrons. The lowest BCUT2D eigenvalue weighted by Crippen LogP contribution is -2.76. The minimum absolute atomic E-state index is 0.0337. The molecule has 4 atom stereocenters. The Hall–Kier alpha value is -2.05. The van der Waals surface area contributed by atoms with Gasteiger partial charge in [0.25, 0.3) is 0 Å². The number of ether oxygens (including phenoxy) is 1. The van der Waals surface area contributed by atoms with Gasteiger partial charge in [0.1, 0.15) is 0 Å². The van der Waals surface area contributed by atoms with E-state index < -0.39 is 17.1 Å². The molecule has 2 heterocycles. The van der Waals surface area contributed by atoms with E-state index in [0.717, 1.165) is 30.6 Å². The Morgan fingerprint density at radius 3 is 3.00 bits per heavy atom. The van der Waals surface area contributed by atoms with Crippen molar-refractivity contribution in [2.75, 3.05) is 13.1 Å². The van der Waals surface area contributed by atoms with Gasteiger partial charge in [0.2, 0.25) is 0 Å². The Balaban J connectivity index is 1.79. The van der Waals surface area contributed by atoms with Crippen LogP contribution in [0.1, 0.15) is 30.4 Å². The number of piperidine rings is 1. The molecular formula is C19H22N2O4. The molecule has 6 nitrogen and oxygen atoms in total. The molecule has 4 aliphatic rings. The summed E-state index contributed by atoms with van der Waals surface area (Å²) >= 11 is 0. The number of oxime groups is 1. The summed E-state index contributed by atoms with van der Waals surface area (Å²) in [6.45, 7) is 5.40. The first-order valence-corrected chi connectivity index (χ1v) is 8.87. The van der Waals surface area contributed by atoms with Crippen LogP contribution in [0.25, 0.3) is 0 Å². The van der Waals surface area contributed by atoms with Gasteiger partial charge >= 0.3 is 0 Å². The molecule has 1 aromatic carbocycles. The van der Waals surface area contributed by atoms with E-state index in [1.54, 1.807) is 6.07 Å². The standard InChI is InChI=1S/C19H22N2O4/c1-2-8-21-9-7-18-15-11-3-4-13(22)16(15)25-17(18)12(20-24)5-6-19(18,23)14(21)10-11/h2-4,14,17,22-24H,1,5-10H2/b20-12+/t14-,17+,18+,19-/m1/s1. The van der Waals surface area contributed by atoms with Crippen molar-refractivity contribution < 1.29 is 20.2 Å². The minimum Gasteiger partial charge on any atom is -0.504 e. The number of hydrogen-bond donors (Lipinski definition) is 3. The van der Waals surface area contributed by atoms with Crippen LogP contribution in [0.15, 0.2) is 29.9 Å². The van der Waals surface area contributed by atoms with Gasteiger partial charge in [-0.2, -0.15) is 0 Å². The second-order valence-electron chi connectivity index (χ2n) is 7.69. The van der Waals surface area contributed by atoms with Crippen molar-refractivity contribution in [2.45, 2.75) is 48.8 Å². The molecule has 6 heteroatoms. The maximum absolute atomic E-state index is 11.9. The second-order valence-corrected chi connectivity index (χ2v) is 7.69. The van der Waals surface area contributed by atoms with E-state index in [2.05, 4.69) is 16.6 Å². The van der Waals surface area contributed by atoms with Crippen molar-refractivity contribution in [1.29, 1.82) is 0 Å². The minimum atomic E-state index is -0.973. The lowest BCUT2D eigenvalue weighted by molar-refractivity contribution is -0.164. The van der Waals surface area contributed by atoms with E-state index in [1.807, 2.05) is 12.1 Å². The van der Waals surface area contributed by atoms with Crippen LogP contribution in [0.3, 0.4) is 0 Å². The fraction of sp³-hybridized carbons (Fsp3) is 0.526. The Labute approximate surface area is 146 Å². The number of nitrogens with zero attached hydrogens (tertiary/aromatic N) is 2. The van der Waals surface area contributed by atoms with Crippen molar-refractivity contribution in [1.82, 2.24) is 4.90 Å². The van der Waals surface area contributed by atoms with E-state index in [9.17, 15) is 15.4 Å². The van der Waals surface area contributed by atoms with Crippen LogP contribution in [0.4, 0.5) is 0 Å². The number of hydrogen-bond acceptors (Lipinski definition) is 6. The first kappa shape index (κ1) is 15.2. The molecule has 0 radical (unpaired) electrons. The average molecular weight is 342 g/mol. The number of benzene rings is 1. The zero-order valence-corrected chi connectivity index (χ0v) is 14.0. The van der Waals surface area contributed by atoms with Crippen LogP contribution in [0, 0.1) is 0 Å². The summed E-state index contributed by atoms with van der Waals surface area (Å²) in [6, 6.07) is 3.57. The maximum atomic E-state index is 11.9. The molecule has 2 aliphatic heterocycles. The average Bonchev–Trinajstić information content (AvgIpc) is 2.95. The van der Waals surface area contributed by atoms with Crippen molar-refractivity contribution >= 4 is 5.71 Å². The lowest BCUT2D eigenvalue weighted by Gasteiger charge is -2.62. The molecule has 5 rings (SSSR count). The SMILES string of the molecule is C=CCN1CC[C@]23c4c5ccc(O)c4O[C@H]2/C(=N/O)CC[C@@]3(O)[C@H]1C5. The predicted molar refractivity (Wildman–Crippen MR) is 91.5 cm³/mol. The van der Waals surface area contributed by atoms with Gasteiger partial charge in [-0.1, -0.05) is 17.3 Å². The van der Waals surface area contributed by atoms with E-state index in [1.165, 1.54) is 0 Å². The molecule has 1 aromatic rings. The number of rotatable bonds is 2. The first-order chi connectivity index (χ1) is 12.1. The number of phenols is 1. The normalized spacial score (nSPS) is 39.8. The predicted octanol–water partition coefficient (Wildman–Crippen LogP) is 1.56. The van der Waals surface area contributed by atoms with Crippen molar-refractivity contribution in [3.63, 3.8) is 0 Å². The van der Waals surface area contributed by atoms with Crippen LogP contribution < -0.4 is 4.74 Å². The van der Waals surface area contributed by atoms with E-state index >= 15 is 0 Å². The molecule has 1 spiro atoms. The maximum Gasteiger partial charge on any atom is 0.166 e. The smallest absolute Gasteiger partial charge is 0.166 e. The summed E-state index contributed by atoms with van der Waals surface area (Å²) in [4.78, 5) is 2.30. The van der Waals surface area contributed by atoms with Crippen molar-refractivity contribution in [3.05, 3.63) is 35.9 Å². The topological polar surface area (TPSA) is 85.5 Å².